The normalized spacial score (nSPS) is 15.5. The second-order valence-corrected chi connectivity index (χ2v) is 5.96. The first kappa shape index (κ1) is 16.3. The predicted octanol–water partition coefficient (Wildman–Crippen LogP) is 1.84. The number of amides is 2. The first-order chi connectivity index (χ1) is 11.7. The summed E-state index contributed by atoms with van der Waals surface area (Å²) < 4.78 is 5.00. The fourth-order valence-electron chi connectivity index (χ4n) is 2.98. The molecule has 1 fully saturated rings. The first-order valence-electron chi connectivity index (χ1n) is 8.29. The Balaban J connectivity index is 1.48. The van der Waals surface area contributed by atoms with E-state index in [1.165, 1.54) is 0 Å². The summed E-state index contributed by atoms with van der Waals surface area (Å²) in [5.74, 6) is 0.00319. The largest absolute Gasteiger partial charge is 0.450 e. The number of fused-ring (bicyclic) bond motifs is 1. The van der Waals surface area contributed by atoms with Gasteiger partial charge >= 0.3 is 6.09 Å². The van der Waals surface area contributed by atoms with Crippen LogP contribution in [0.4, 0.5) is 4.79 Å². The van der Waals surface area contributed by atoms with Gasteiger partial charge in [0.15, 0.2) is 0 Å². The van der Waals surface area contributed by atoms with Gasteiger partial charge in [0.1, 0.15) is 0 Å². The molecule has 7 heteroatoms. The van der Waals surface area contributed by atoms with Gasteiger partial charge in [-0.3, -0.25) is 4.79 Å². The van der Waals surface area contributed by atoms with Gasteiger partial charge in [0.25, 0.3) is 0 Å². The van der Waals surface area contributed by atoms with Gasteiger partial charge in [-0.05, 0) is 37.5 Å². The number of carbonyl (C=O) groups excluding carboxylic acids is 2. The van der Waals surface area contributed by atoms with Crippen LogP contribution in [0.1, 0.15) is 25.3 Å². The van der Waals surface area contributed by atoms with Gasteiger partial charge in [0, 0.05) is 19.1 Å². The number of carbonyl (C=O) groups is 2. The Morgan fingerprint density at radius 1 is 1.38 bits per heavy atom. The molecule has 0 unspecified atom stereocenters. The standard InChI is InChI=1S/C17H22N4O3/c1-2-24-17(23)21-7-5-13(6-8-21)20-16(22)10-12-3-4-14-15(9-12)19-11-18-14/h3-4,9,11,13H,2,5-8,10H2,1H3,(H,18,19)(H,20,22). The van der Waals surface area contributed by atoms with Gasteiger partial charge in [-0.15, -0.1) is 0 Å². The summed E-state index contributed by atoms with van der Waals surface area (Å²) >= 11 is 0. The lowest BCUT2D eigenvalue weighted by Gasteiger charge is -2.31. The Morgan fingerprint density at radius 2 is 2.17 bits per heavy atom. The molecule has 0 aliphatic carbocycles. The highest BCUT2D eigenvalue weighted by atomic mass is 16.6. The van der Waals surface area contributed by atoms with Crippen molar-refractivity contribution in [3.8, 4) is 0 Å². The Bertz CT molecular complexity index is 719. The molecule has 0 atom stereocenters. The maximum atomic E-state index is 12.2. The van der Waals surface area contributed by atoms with Crippen molar-refractivity contribution in [3.63, 3.8) is 0 Å². The minimum absolute atomic E-state index is 0.00319. The fraction of sp³-hybridized carbons (Fsp3) is 0.471. The average molecular weight is 330 g/mol. The Hall–Kier alpha value is -2.57. The molecule has 1 aliphatic rings. The third kappa shape index (κ3) is 3.84. The molecule has 0 spiro atoms. The van der Waals surface area contributed by atoms with Gasteiger partial charge in [0.05, 0.1) is 30.4 Å². The fourth-order valence-corrected chi connectivity index (χ4v) is 2.98. The van der Waals surface area contributed by atoms with Crippen LogP contribution >= 0.6 is 0 Å². The molecule has 1 saturated heterocycles. The molecule has 2 amide bonds. The number of aromatic nitrogens is 2. The van der Waals surface area contributed by atoms with E-state index in [2.05, 4.69) is 15.3 Å². The Labute approximate surface area is 140 Å². The minimum atomic E-state index is -0.268. The van der Waals surface area contributed by atoms with E-state index < -0.39 is 0 Å². The molecule has 2 aromatic rings. The summed E-state index contributed by atoms with van der Waals surface area (Å²) in [6.07, 6.45) is 3.22. The van der Waals surface area contributed by atoms with Crippen LogP contribution in [0.25, 0.3) is 11.0 Å². The lowest BCUT2D eigenvalue weighted by Crippen LogP contribution is -2.47. The van der Waals surface area contributed by atoms with E-state index in [4.69, 9.17) is 4.74 Å². The molecule has 1 aromatic heterocycles. The van der Waals surface area contributed by atoms with Crippen LogP contribution in [-0.2, 0) is 16.0 Å². The van der Waals surface area contributed by atoms with E-state index in [9.17, 15) is 9.59 Å². The number of nitrogens with zero attached hydrogens (tertiary/aromatic N) is 2. The maximum absolute atomic E-state index is 12.2. The minimum Gasteiger partial charge on any atom is -0.450 e. The number of nitrogens with one attached hydrogen (secondary N) is 2. The van der Waals surface area contributed by atoms with E-state index in [0.29, 0.717) is 26.1 Å². The molecular formula is C17H22N4O3. The molecule has 0 bridgehead atoms. The van der Waals surface area contributed by atoms with Gasteiger partial charge in [0.2, 0.25) is 5.91 Å². The quantitative estimate of drug-likeness (QED) is 0.895. The van der Waals surface area contributed by atoms with Crippen molar-refractivity contribution in [3.05, 3.63) is 30.1 Å². The highest BCUT2D eigenvalue weighted by Crippen LogP contribution is 2.14. The number of imidazole rings is 1. The zero-order valence-electron chi connectivity index (χ0n) is 13.7. The maximum Gasteiger partial charge on any atom is 0.409 e. The van der Waals surface area contributed by atoms with E-state index in [-0.39, 0.29) is 18.0 Å². The van der Waals surface area contributed by atoms with E-state index in [1.807, 2.05) is 18.2 Å². The number of hydrogen-bond acceptors (Lipinski definition) is 4. The third-order valence-electron chi connectivity index (χ3n) is 4.24. The van der Waals surface area contributed by atoms with Crippen molar-refractivity contribution in [1.29, 1.82) is 0 Å². The molecule has 1 aliphatic heterocycles. The van der Waals surface area contributed by atoms with Gasteiger partial charge in [-0.25, -0.2) is 9.78 Å². The highest BCUT2D eigenvalue weighted by Gasteiger charge is 2.24. The summed E-state index contributed by atoms with van der Waals surface area (Å²) in [6.45, 7) is 3.41. The SMILES string of the molecule is CCOC(=O)N1CCC(NC(=O)Cc2ccc3nc[nH]c3c2)CC1. The Morgan fingerprint density at radius 3 is 2.92 bits per heavy atom. The number of benzene rings is 1. The highest BCUT2D eigenvalue weighted by molar-refractivity contribution is 5.81. The third-order valence-corrected chi connectivity index (χ3v) is 4.24. The van der Waals surface area contributed by atoms with Crippen LogP contribution in [0.3, 0.4) is 0 Å². The predicted molar refractivity (Wildman–Crippen MR) is 89.6 cm³/mol. The van der Waals surface area contributed by atoms with Crippen molar-refractivity contribution in [2.45, 2.75) is 32.2 Å². The van der Waals surface area contributed by atoms with Crippen LogP contribution in [0.5, 0.6) is 0 Å². The molecule has 3 rings (SSSR count). The number of aromatic amines is 1. The molecule has 24 heavy (non-hydrogen) atoms. The number of likely N-dealkylation sites (tertiary alicyclic amines) is 1. The van der Waals surface area contributed by atoms with E-state index in [0.717, 1.165) is 29.4 Å². The molecule has 1 aromatic carbocycles. The lowest BCUT2D eigenvalue weighted by atomic mass is 10.0. The number of rotatable bonds is 4. The first-order valence-corrected chi connectivity index (χ1v) is 8.29. The van der Waals surface area contributed by atoms with Crippen molar-refractivity contribution in [1.82, 2.24) is 20.2 Å². The average Bonchev–Trinajstić information content (AvgIpc) is 3.03. The summed E-state index contributed by atoms with van der Waals surface area (Å²) in [7, 11) is 0. The van der Waals surface area contributed by atoms with Crippen molar-refractivity contribution in [2.75, 3.05) is 19.7 Å². The Kier molecular flexibility index (Phi) is 4.98. The van der Waals surface area contributed by atoms with Crippen molar-refractivity contribution < 1.29 is 14.3 Å². The molecule has 2 N–H and O–H groups in total. The topological polar surface area (TPSA) is 87.3 Å². The molecule has 0 saturated carbocycles. The second kappa shape index (κ2) is 7.33. The zero-order chi connectivity index (χ0) is 16.9. The number of ether oxygens (including phenoxy) is 1. The molecular weight excluding hydrogens is 308 g/mol. The molecule has 0 radical (unpaired) electrons. The molecule has 7 nitrogen and oxygen atoms in total. The number of piperidine rings is 1. The summed E-state index contributed by atoms with van der Waals surface area (Å²) in [4.78, 5) is 32.8. The number of hydrogen-bond donors (Lipinski definition) is 2. The van der Waals surface area contributed by atoms with Crippen LogP contribution in [0.2, 0.25) is 0 Å². The van der Waals surface area contributed by atoms with Gasteiger partial charge in [-0.2, -0.15) is 0 Å². The van der Waals surface area contributed by atoms with Gasteiger partial charge < -0.3 is 19.9 Å². The lowest BCUT2D eigenvalue weighted by molar-refractivity contribution is -0.121. The van der Waals surface area contributed by atoms with E-state index in [1.54, 1.807) is 18.2 Å². The van der Waals surface area contributed by atoms with Crippen LogP contribution in [0, 0.1) is 0 Å². The summed E-state index contributed by atoms with van der Waals surface area (Å²) in [6, 6.07) is 5.89. The van der Waals surface area contributed by atoms with Gasteiger partial charge in [-0.1, -0.05) is 6.07 Å². The van der Waals surface area contributed by atoms with Crippen LogP contribution < -0.4 is 5.32 Å². The van der Waals surface area contributed by atoms with Crippen molar-refractivity contribution >= 4 is 23.0 Å². The monoisotopic (exact) mass is 330 g/mol. The smallest absolute Gasteiger partial charge is 0.409 e. The van der Waals surface area contributed by atoms with Crippen molar-refractivity contribution in [2.24, 2.45) is 0 Å². The summed E-state index contributed by atoms with van der Waals surface area (Å²) in [5.41, 5.74) is 2.78. The molecule has 2 heterocycles. The summed E-state index contributed by atoms with van der Waals surface area (Å²) in [5, 5.41) is 3.06. The second-order valence-electron chi connectivity index (χ2n) is 5.96. The number of H-pyrrole nitrogens is 1. The van der Waals surface area contributed by atoms with Crippen LogP contribution in [0.15, 0.2) is 24.5 Å². The zero-order valence-corrected chi connectivity index (χ0v) is 13.7. The van der Waals surface area contributed by atoms with Crippen LogP contribution in [-0.4, -0.2) is 52.6 Å². The molecule has 128 valence electrons. The van der Waals surface area contributed by atoms with E-state index >= 15 is 0 Å².